The van der Waals surface area contributed by atoms with Gasteiger partial charge in [-0.1, -0.05) is 19.9 Å². The number of allylic oxidation sites excluding steroid dienone is 2. The third-order valence-corrected chi connectivity index (χ3v) is 2.02. The molecule has 0 saturated carbocycles. The molecule has 0 aliphatic carbocycles. The van der Waals surface area contributed by atoms with Gasteiger partial charge in [-0.25, -0.2) is 0 Å². The van der Waals surface area contributed by atoms with E-state index in [2.05, 4.69) is 4.98 Å². The van der Waals surface area contributed by atoms with E-state index in [1.165, 1.54) is 6.21 Å². The molecule has 1 aromatic rings. The summed E-state index contributed by atoms with van der Waals surface area (Å²) in [5.74, 6) is 0.230. The van der Waals surface area contributed by atoms with Crippen LogP contribution in [0.4, 0.5) is 0 Å². The largest absolute Gasteiger partial charge is 0.401 e. The van der Waals surface area contributed by atoms with Gasteiger partial charge in [-0.15, -0.1) is 0 Å². The van der Waals surface area contributed by atoms with Crippen molar-refractivity contribution in [2.75, 3.05) is 0 Å². The zero-order chi connectivity index (χ0) is 10.6. The quantitative estimate of drug-likeness (QED) is 0.715. The Bertz CT molecular complexity index is 339. The summed E-state index contributed by atoms with van der Waals surface area (Å²) in [6.07, 6.45) is 2.96. The van der Waals surface area contributed by atoms with Crippen molar-refractivity contribution in [3.63, 3.8) is 0 Å². The molecule has 0 unspecified atom stereocenters. The lowest BCUT2D eigenvalue weighted by molar-refractivity contribution is 0.761. The van der Waals surface area contributed by atoms with Crippen LogP contribution in [0.25, 0.3) is 5.57 Å². The smallest absolute Gasteiger partial charge is 0.0734 e. The first-order chi connectivity index (χ1) is 6.66. The van der Waals surface area contributed by atoms with Crippen LogP contribution in [0, 0.1) is 11.3 Å². The second-order valence-corrected chi connectivity index (χ2v) is 3.38. The summed E-state index contributed by atoms with van der Waals surface area (Å²) in [6.45, 7) is 4.00. The molecule has 1 heterocycles. The molecule has 3 N–H and O–H groups in total. The minimum Gasteiger partial charge on any atom is -0.401 e. The molecular formula is C11H15N3. The molecular weight excluding hydrogens is 174 g/mol. The molecule has 0 aliphatic heterocycles. The summed E-state index contributed by atoms with van der Waals surface area (Å²) in [7, 11) is 0. The molecule has 3 heteroatoms. The monoisotopic (exact) mass is 189 g/mol. The zero-order valence-corrected chi connectivity index (χ0v) is 8.49. The average Bonchev–Trinajstić information content (AvgIpc) is 2.20. The topological polar surface area (TPSA) is 62.8 Å². The van der Waals surface area contributed by atoms with E-state index in [1.54, 1.807) is 6.20 Å². The van der Waals surface area contributed by atoms with Gasteiger partial charge in [0, 0.05) is 23.7 Å². The average molecular weight is 189 g/mol. The lowest BCUT2D eigenvalue weighted by Gasteiger charge is -2.09. The van der Waals surface area contributed by atoms with Gasteiger partial charge in [0.25, 0.3) is 0 Å². The highest BCUT2D eigenvalue weighted by Crippen LogP contribution is 2.16. The zero-order valence-electron chi connectivity index (χ0n) is 8.49. The number of hydrogen-bond donors (Lipinski definition) is 2. The fourth-order valence-electron chi connectivity index (χ4n) is 1.14. The Kier molecular flexibility index (Phi) is 3.40. The third-order valence-electron chi connectivity index (χ3n) is 2.02. The Hall–Kier alpha value is -1.64. The maximum absolute atomic E-state index is 7.32. The van der Waals surface area contributed by atoms with E-state index in [0.29, 0.717) is 11.3 Å². The van der Waals surface area contributed by atoms with E-state index in [0.717, 1.165) is 5.69 Å². The van der Waals surface area contributed by atoms with E-state index < -0.39 is 0 Å². The van der Waals surface area contributed by atoms with E-state index in [4.69, 9.17) is 11.1 Å². The van der Waals surface area contributed by atoms with Gasteiger partial charge >= 0.3 is 0 Å². The van der Waals surface area contributed by atoms with Gasteiger partial charge in [-0.2, -0.15) is 0 Å². The summed E-state index contributed by atoms with van der Waals surface area (Å²) in [5.41, 5.74) is 8.07. The van der Waals surface area contributed by atoms with Gasteiger partial charge in [-0.3, -0.25) is 4.98 Å². The van der Waals surface area contributed by atoms with Crippen LogP contribution in [0.1, 0.15) is 19.5 Å². The number of hydrogen-bond acceptors (Lipinski definition) is 3. The van der Waals surface area contributed by atoms with Gasteiger partial charge in [0.05, 0.1) is 5.69 Å². The van der Waals surface area contributed by atoms with Crippen LogP contribution in [0.3, 0.4) is 0 Å². The summed E-state index contributed by atoms with van der Waals surface area (Å²) in [6, 6.07) is 5.59. The van der Waals surface area contributed by atoms with Gasteiger partial charge in [-0.05, 0) is 18.1 Å². The van der Waals surface area contributed by atoms with E-state index in [1.807, 2.05) is 32.0 Å². The summed E-state index contributed by atoms with van der Waals surface area (Å²) < 4.78 is 0. The van der Waals surface area contributed by atoms with E-state index in [9.17, 15) is 0 Å². The Morgan fingerprint density at radius 2 is 2.21 bits per heavy atom. The molecule has 0 atom stereocenters. The number of nitrogens with zero attached hydrogens (tertiary/aromatic N) is 1. The molecule has 0 fully saturated rings. The van der Waals surface area contributed by atoms with Crippen LogP contribution >= 0.6 is 0 Å². The van der Waals surface area contributed by atoms with Crippen LogP contribution in [0.15, 0.2) is 30.1 Å². The van der Waals surface area contributed by atoms with Crippen LogP contribution in [0.5, 0.6) is 0 Å². The first kappa shape index (κ1) is 10.4. The van der Waals surface area contributed by atoms with Gasteiger partial charge < -0.3 is 11.1 Å². The Morgan fingerprint density at radius 3 is 2.64 bits per heavy atom. The molecule has 1 rings (SSSR count). The summed E-state index contributed by atoms with van der Waals surface area (Å²) in [5, 5.41) is 7.32. The second-order valence-electron chi connectivity index (χ2n) is 3.38. The van der Waals surface area contributed by atoms with Gasteiger partial charge in [0.15, 0.2) is 0 Å². The standard InChI is InChI=1S/C11H15N3/c1-8(2)11(13)9(7-12)10-5-3-4-6-14-10/h3-8,12H,13H2,1-2H3/b11-9+,12-7?. The number of aromatic nitrogens is 1. The molecule has 0 saturated heterocycles. The van der Waals surface area contributed by atoms with Crippen molar-refractivity contribution in [2.24, 2.45) is 11.7 Å². The van der Waals surface area contributed by atoms with E-state index >= 15 is 0 Å². The first-order valence-electron chi connectivity index (χ1n) is 4.58. The molecule has 0 amide bonds. The van der Waals surface area contributed by atoms with Crippen molar-refractivity contribution in [3.8, 4) is 0 Å². The van der Waals surface area contributed by atoms with Gasteiger partial charge in [0.1, 0.15) is 0 Å². The van der Waals surface area contributed by atoms with Crippen molar-refractivity contribution in [1.29, 1.82) is 5.41 Å². The second kappa shape index (κ2) is 4.56. The number of nitrogens with two attached hydrogens (primary N) is 1. The van der Waals surface area contributed by atoms with Crippen LogP contribution in [0.2, 0.25) is 0 Å². The molecule has 1 aromatic heterocycles. The SMILES string of the molecule is CC(C)/C(N)=C(/C=N)c1ccccn1. The minimum atomic E-state index is 0.230. The Balaban J connectivity index is 3.17. The molecule has 0 aromatic carbocycles. The van der Waals surface area contributed by atoms with Crippen molar-refractivity contribution in [3.05, 3.63) is 35.8 Å². The number of rotatable bonds is 3. The molecule has 0 bridgehead atoms. The predicted molar refractivity (Wildman–Crippen MR) is 59.0 cm³/mol. The predicted octanol–water partition coefficient (Wildman–Crippen LogP) is 2.06. The molecule has 0 radical (unpaired) electrons. The summed E-state index contributed by atoms with van der Waals surface area (Å²) in [4.78, 5) is 4.16. The van der Waals surface area contributed by atoms with Crippen LogP contribution < -0.4 is 5.73 Å². The number of pyridine rings is 1. The minimum absolute atomic E-state index is 0.230. The van der Waals surface area contributed by atoms with Crippen molar-refractivity contribution in [2.45, 2.75) is 13.8 Å². The van der Waals surface area contributed by atoms with Crippen LogP contribution in [-0.2, 0) is 0 Å². The highest BCUT2D eigenvalue weighted by Gasteiger charge is 2.07. The van der Waals surface area contributed by atoms with Crippen molar-refractivity contribution in [1.82, 2.24) is 4.98 Å². The van der Waals surface area contributed by atoms with E-state index in [-0.39, 0.29) is 5.92 Å². The number of nitrogens with one attached hydrogen (secondary N) is 1. The lowest BCUT2D eigenvalue weighted by Crippen LogP contribution is -2.10. The first-order valence-corrected chi connectivity index (χ1v) is 4.58. The molecule has 0 aliphatic rings. The fourth-order valence-corrected chi connectivity index (χ4v) is 1.14. The lowest BCUT2D eigenvalue weighted by atomic mass is 10.0. The molecule has 0 spiro atoms. The molecule has 74 valence electrons. The summed E-state index contributed by atoms with van der Waals surface area (Å²) >= 11 is 0. The Morgan fingerprint density at radius 1 is 1.50 bits per heavy atom. The van der Waals surface area contributed by atoms with Gasteiger partial charge in [0.2, 0.25) is 0 Å². The van der Waals surface area contributed by atoms with Crippen molar-refractivity contribution < 1.29 is 0 Å². The fraction of sp³-hybridized carbons (Fsp3) is 0.273. The van der Waals surface area contributed by atoms with Crippen LogP contribution in [-0.4, -0.2) is 11.2 Å². The molecule has 3 nitrogen and oxygen atoms in total. The normalized spacial score (nSPS) is 12.5. The Labute approximate surface area is 84.2 Å². The van der Waals surface area contributed by atoms with Crippen molar-refractivity contribution >= 4 is 11.8 Å². The highest BCUT2D eigenvalue weighted by atomic mass is 14.7. The maximum atomic E-state index is 7.32. The third kappa shape index (κ3) is 2.19. The maximum Gasteiger partial charge on any atom is 0.0734 e. The highest BCUT2D eigenvalue weighted by molar-refractivity contribution is 6.08. The molecule has 14 heavy (non-hydrogen) atoms.